The van der Waals surface area contributed by atoms with Crippen molar-refractivity contribution in [2.45, 2.75) is 26.4 Å². The Morgan fingerprint density at radius 3 is 2.57 bits per heavy atom. The van der Waals surface area contributed by atoms with Gasteiger partial charge in [-0.15, -0.1) is 0 Å². The quantitative estimate of drug-likeness (QED) is 0.825. The molecule has 1 heterocycles. The van der Waals surface area contributed by atoms with Crippen LogP contribution in [0, 0.1) is 0 Å². The van der Waals surface area contributed by atoms with Crippen LogP contribution in [0.15, 0.2) is 36.4 Å². The van der Waals surface area contributed by atoms with E-state index in [1.54, 1.807) is 48.2 Å². The first-order valence-electron chi connectivity index (χ1n) is 9.14. The molecule has 7 heteroatoms. The number of methoxy groups -OCH3 is 2. The van der Waals surface area contributed by atoms with Crippen LogP contribution < -0.4 is 24.4 Å². The molecule has 2 aromatic carbocycles. The molecule has 1 N–H and O–H groups in total. The van der Waals surface area contributed by atoms with Gasteiger partial charge < -0.3 is 24.4 Å². The van der Waals surface area contributed by atoms with Crippen LogP contribution in [0.5, 0.6) is 17.2 Å². The molecule has 0 spiro atoms. The fraction of sp³-hybridized carbons (Fsp3) is 0.333. The van der Waals surface area contributed by atoms with Gasteiger partial charge in [-0.3, -0.25) is 9.59 Å². The van der Waals surface area contributed by atoms with E-state index in [2.05, 4.69) is 5.32 Å². The first-order valence-corrected chi connectivity index (χ1v) is 9.14. The molecule has 1 aliphatic rings. The number of benzene rings is 2. The molecule has 7 nitrogen and oxygen atoms in total. The van der Waals surface area contributed by atoms with Crippen LogP contribution in [-0.2, 0) is 4.79 Å². The number of amides is 2. The Kier molecular flexibility index (Phi) is 5.73. The minimum Gasteiger partial charge on any atom is -0.493 e. The molecule has 0 aromatic heterocycles. The van der Waals surface area contributed by atoms with Crippen molar-refractivity contribution in [1.29, 1.82) is 0 Å². The number of hydrogen-bond acceptors (Lipinski definition) is 5. The lowest BCUT2D eigenvalue weighted by Gasteiger charge is -2.33. The van der Waals surface area contributed by atoms with Gasteiger partial charge in [-0.05, 0) is 49.7 Å². The van der Waals surface area contributed by atoms with Gasteiger partial charge >= 0.3 is 0 Å². The second kappa shape index (κ2) is 8.21. The smallest absolute Gasteiger partial charge is 0.267 e. The second-order valence-corrected chi connectivity index (χ2v) is 6.46. The molecule has 28 heavy (non-hydrogen) atoms. The van der Waals surface area contributed by atoms with Crippen LogP contribution in [0.4, 0.5) is 11.4 Å². The van der Waals surface area contributed by atoms with Crippen molar-refractivity contribution in [3.8, 4) is 17.2 Å². The van der Waals surface area contributed by atoms with Crippen LogP contribution in [0.25, 0.3) is 0 Å². The zero-order valence-electron chi connectivity index (χ0n) is 16.4. The van der Waals surface area contributed by atoms with Gasteiger partial charge in [-0.25, -0.2) is 0 Å². The first kappa shape index (κ1) is 19.5. The summed E-state index contributed by atoms with van der Waals surface area (Å²) in [7, 11) is 3.06. The summed E-state index contributed by atoms with van der Waals surface area (Å²) in [6.07, 6.45) is 0.298. The summed E-state index contributed by atoms with van der Waals surface area (Å²) < 4.78 is 16.1. The van der Waals surface area contributed by atoms with E-state index in [1.165, 1.54) is 14.2 Å². The van der Waals surface area contributed by atoms with Crippen molar-refractivity contribution in [3.05, 3.63) is 42.0 Å². The molecular formula is C21H24N2O5. The van der Waals surface area contributed by atoms with Gasteiger partial charge in [0.2, 0.25) is 0 Å². The van der Waals surface area contributed by atoms with E-state index in [0.29, 0.717) is 40.7 Å². The van der Waals surface area contributed by atoms with Crippen molar-refractivity contribution in [2.24, 2.45) is 0 Å². The Morgan fingerprint density at radius 2 is 1.89 bits per heavy atom. The highest BCUT2D eigenvalue weighted by atomic mass is 16.5. The van der Waals surface area contributed by atoms with E-state index in [-0.39, 0.29) is 11.8 Å². The number of ether oxygens (including phenoxy) is 3. The lowest BCUT2D eigenvalue weighted by Crippen LogP contribution is -2.44. The van der Waals surface area contributed by atoms with E-state index in [0.717, 1.165) is 6.42 Å². The summed E-state index contributed by atoms with van der Waals surface area (Å²) in [6.45, 7) is 4.34. The van der Waals surface area contributed by atoms with Gasteiger partial charge in [0.1, 0.15) is 5.75 Å². The topological polar surface area (TPSA) is 77.1 Å². The van der Waals surface area contributed by atoms with Gasteiger partial charge in [0.05, 0.1) is 19.9 Å². The van der Waals surface area contributed by atoms with Gasteiger partial charge in [0.25, 0.3) is 11.8 Å². The second-order valence-electron chi connectivity index (χ2n) is 6.46. The van der Waals surface area contributed by atoms with Gasteiger partial charge in [-0.1, -0.05) is 6.92 Å². The lowest BCUT2D eigenvalue weighted by molar-refractivity contribution is -0.125. The van der Waals surface area contributed by atoms with Crippen LogP contribution in [0.2, 0.25) is 0 Å². The molecule has 1 atom stereocenters. The Labute approximate surface area is 164 Å². The molecule has 0 radical (unpaired) electrons. The Morgan fingerprint density at radius 1 is 1.14 bits per heavy atom. The molecule has 2 amide bonds. The average Bonchev–Trinajstić information content (AvgIpc) is 2.71. The maximum absolute atomic E-state index is 12.7. The largest absolute Gasteiger partial charge is 0.493 e. The molecule has 148 valence electrons. The molecule has 1 unspecified atom stereocenters. The minimum absolute atomic E-state index is 0.0854. The Hall–Kier alpha value is -3.22. The van der Waals surface area contributed by atoms with Crippen LogP contribution in [-0.4, -0.2) is 38.7 Å². The van der Waals surface area contributed by atoms with E-state index >= 15 is 0 Å². The number of rotatable bonds is 6. The predicted molar refractivity (Wildman–Crippen MR) is 107 cm³/mol. The molecule has 0 fully saturated rings. The van der Waals surface area contributed by atoms with Crippen molar-refractivity contribution in [2.75, 3.05) is 31.0 Å². The highest BCUT2D eigenvalue weighted by Crippen LogP contribution is 2.36. The third-order valence-corrected chi connectivity index (χ3v) is 4.52. The summed E-state index contributed by atoms with van der Waals surface area (Å²) in [5.41, 5.74) is 1.67. The third-order valence-electron chi connectivity index (χ3n) is 4.52. The molecule has 3 rings (SSSR count). The SMILES string of the molecule is CCCN1C(=O)C(C)Oc2ccc(NC(=O)c3ccc(OC)c(OC)c3)cc21. The number of nitrogens with one attached hydrogen (secondary N) is 1. The summed E-state index contributed by atoms with van der Waals surface area (Å²) in [5, 5.41) is 2.86. The van der Waals surface area contributed by atoms with Crippen LogP contribution in [0.3, 0.4) is 0 Å². The average molecular weight is 384 g/mol. The summed E-state index contributed by atoms with van der Waals surface area (Å²) in [4.78, 5) is 26.8. The molecule has 0 bridgehead atoms. The number of fused-ring (bicyclic) bond motifs is 1. The molecular weight excluding hydrogens is 360 g/mol. The lowest BCUT2D eigenvalue weighted by atomic mass is 10.1. The highest BCUT2D eigenvalue weighted by molar-refractivity contribution is 6.06. The zero-order valence-corrected chi connectivity index (χ0v) is 16.4. The fourth-order valence-electron chi connectivity index (χ4n) is 3.12. The van der Waals surface area contributed by atoms with E-state index < -0.39 is 6.10 Å². The predicted octanol–water partition coefficient (Wildman–Crippen LogP) is 3.48. The van der Waals surface area contributed by atoms with Crippen molar-refractivity contribution in [3.63, 3.8) is 0 Å². The van der Waals surface area contributed by atoms with E-state index in [4.69, 9.17) is 14.2 Å². The van der Waals surface area contributed by atoms with Gasteiger partial charge in [-0.2, -0.15) is 0 Å². The number of anilines is 2. The third kappa shape index (κ3) is 3.74. The fourth-order valence-corrected chi connectivity index (χ4v) is 3.12. The first-order chi connectivity index (χ1) is 13.5. The standard InChI is InChI=1S/C21H24N2O5/c1-5-10-23-16-12-15(7-9-17(16)28-13(2)21(23)25)22-20(24)14-6-8-18(26-3)19(11-14)27-4/h6-9,11-13H,5,10H2,1-4H3,(H,22,24). The molecule has 0 saturated heterocycles. The van der Waals surface area contributed by atoms with Crippen molar-refractivity contribution < 1.29 is 23.8 Å². The summed E-state index contributed by atoms with van der Waals surface area (Å²) in [6, 6.07) is 10.2. The number of carbonyl (C=O) groups is 2. The minimum atomic E-state index is -0.522. The molecule has 2 aromatic rings. The van der Waals surface area contributed by atoms with E-state index in [9.17, 15) is 9.59 Å². The maximum Gasteiger partial charge on any atom is 0.267 e. The normalized spacial score (nSPS) is 15.5. The zero-order chi connectivity index (χ0) is 20.3. The molecule has 0 aliphatic carbocycles. The monoisotopic (exact) mass is 384 g/mol. The van der Waals surface area contributed by atoms with Crippen molar-refractivity contribution in [1.82, 2.24) is 0 Å². The van der Waals surface area contributed by atoms with Crippen molar-refractivity contribution >= 4 is 23.2 Å². The van der Waals surface area contributed by atoms with Crippen LogP contribution >= 0.6 is 0 Å². The summed E-state index contributed by atoms with van der Waals surface area (Å²) >= 11 is 0. The van der Waals surface area contributed by atoms with Gasteiger partial charge in [0.15, 0.2) is 17.6 Å². The van der Waals surface area contributed by atoms with E-state index in [1.807, 2.05) is 6.92 Å². The number of carbonyl (C=O) groups excluding carboxylic acids is 2. The number of hydrogen-bond donors (Lipinski definition) is 1. The highest BCUT2D eigenvalue weighted by Gasteiger charge is 2.31. The number of nitrogens with zero attached hydrogens (tertiary/aromatic N) is 1. The summed E-state index contributed by atoms with van der Waals surface area (Å²) in [5.74, 6) is 1.28. The Balaban J connectivity index is 1.86. The Bertz CT molecular complexity index is 896. The maximum atomic E-state index is 12.7. The molecule has 1 aliphatic heterocycles. The van der Waals surface area contributed by atoms with Gasteiger partial charge in [0, 0.05) is 17.8 Å². The van der Waals surface area contributed by atoms with Crippen LogP contribution in [0.1, 0.15) is 30.6 Å². The molecule has 0 saturated carbocycles.